The number of hydrogen-bond donors (Lipinski definition) is 1. The van der Waals surface area contributed by atoms with Crippen LogP contribution >= 0.6 is 0 Å². The van der Waals surface area contributed by atoms with E-state index in [-0.39, 0.29) is 5.69 Å². The number of fused-ring (bicyclic) bond motifs is 1. The van der Waals surface area contributed by atoms with E-state index >= 15 is 0 Å². The Balaban J connectivity index is 1.80. The van der Waals surface area contributed by atoms with Crippen molar-refractivity contribution in [2.45, 2.75) is 6.92 Å². The number of carbonyl (C=O) groups is 2. The van der Waals surface area contributed by atoms with Crippen LogP contribution in [-0.2, 0) is 4.79 Å². The Morgan fingerprint density at radius 1 is 1.07 bits per heavy atom. The van der Waals surface area contributed by atoms with E-state index in [1.807, 2.05) is 43.3 Å². The lowest BCUT2D eigenvalue weighted by molar-refractivity contribution is -0.112. The highest BCUT2D eigenvalue weighted by molar-refractivity contribution is 6.47. The predicted molar refractivity (Wildman–Crippen MR) is 111 cm³/mol. The highest BCUT2D eigenvalue weighted by atomic mass is 16.5. The standard InChI is InChI=1S/C23H19N3O3/c1-15-5-7-17(8-6-15)25-23(28)22(27)21-20(16-4-3-11-24-13-16)12-18-9-10-19(29-2)14-26(18)21/h3-14H,1-2H3,(H,25,28). The molecule has 3 aromatic heterocycles. The number of anilines is 1. The monoisotopic (exact) mass is 385 g/mol. The van der Waals surface area contributed by atoms with Gasteiger partial charge in [0, 0.05) is 34.7 Å². The second kappa shape index (κ2) is 7.59. The minimum absolute atomic E-state index is 0.261. The van der Waals surface area contributed by atoms with Crippen LogP contribution in [0, 0.1) is 6.92 Å². The molecule has 0 bridgehead atoms. The van der Waals surface area contributed by atoms with Gasteiger partial charge in [0.05, 0.1) is 13.3 Å². The summed E-state index contributed by atoms with van der Waals surface area (Å²) in [6.07, 6.45) is 5.02. The maximum Gasteiger partial charge on any atom is 0.298 e. The molecule has 0 aliphatic carbocycles. The van der Waals surface area contributed by atoms with E-state index in [1.165, 1.54) is 0 Å². The number of benzene rings is 1. The Kier molecular flexibility index (Phi) is 4.83. The van der Waals surface area contributed by atoms with Crippen molar-refractivity contribution in [3.8, 4) is 16.9 Å². The molecule has 1 amide bonds. The van der Waals surface area contributed by atoms with Gasteiger partial charge in [0.1, 0.15) is 11.4 Å². The second-order valence-electron chi connectivity index (χ2n) is 6.66. The summed E-state index contributed by atoms with van der Waals surface area (Å²) >= 11 is 0. The van der Waals surface area contributed by atoms with Gasteiger partial charge < -0.3 is 14.5 Å². The number of hydrogen-bond acceptors (Lipinski definition) is 4. The van der Waals surface area contributed by atoms with Gasteiger partial charge in [-0.05, 0) is 43.3 Å². The van der Waals surface area contributed by atoms with Crippen LogP contribution in [0.3, 0.4) is 0 Å². The molecule has 0 fully saturated rings. The lowest BCUT2D eigenvalue weighted by atomic mass is 10.1. The lowest BCUT2D eigenvalue weighted by Gasteiger charge is -2.09. The van der Waals surface area contributed by atoms with Crippen molar-refractivity contribution in [3.05, 3.63) is 84.4 Å². The summed E-state index contributed by atoms with van der Waals surface area (Å²) < 4.78 is 6.97. The molecule has 144 valence electrons. The Hall–Kier alpha value is -3.93. The van der Waals surface area contributed by atoms with Crippen LogP contribution in [0.2, 0.25) is 0 Å². The summed E-state index contributed by atoms with van der Waals surface area (Å²) in [5, 5.41) is 2.68. The summed E-state index contributed by atoms with van der Waals surface area (Å²) in [5.41, 5.74) is 4.05. The average Bonchev–Trinajstić information content (AvgIpc) is 3.14. The third-order valence-corrected chi connectivity index (χ3v) is 4.68. The van der Waals surface area contributed by atoms with Gasteiger partial charge in [0.15, 0.2) is 0 Å². The number of nitrogens with one attached hydrogen (secondary N) is 1. The Morgan fingerprint density at radius 3 is 2.55 bits per heavy atom. The first kappa shape index (κ1) is 18.4. The number of carbonyl (C=O) groups excluding carboxylic acids is 2. The Morgan fingerprint density at radius 2 is 1.86 bits per heavy atom. The zero-order valence-corrected chi connectivity index (χ0v) is 16.0. The molecule has 1 aromatic carbocycles. The number of Topliss-reactive ketones (excluding diaryl/α,β-unsaturated/α-hetero) is 1. The fourth-order valence-corrected chi connectivity index (χ4v) is 3.18. The number of amides is 1. The van der Waals surface area contributed by atoms with Crippen LogP contribution in [0.25, 0.3) is 16.6 Å². The maximum atomic E-state index is 13.2. The Bertz CT molecular complexity index is 1200. The predicted octanol–water partition coefficient (Wildman–Crippen LogP) is 4.14. The molecule has 3 heterocycles. The van der Waals surface area contributed by atoms with Crippen molar-refractivity contribution in [1.82, 2.24) is 9.38 Å². The van der Waals surface area contributed by atoms with E-state index < -0.39 is 11.7 Å². The van der Waals surface area contributed by atoms with Crippen molar-refractivity contribution < 1.29 is 14.3 Å². The number of methoxy groups -OCH3 is 1. The van der Waals surface area contributed by atoms with Gasteiger partial charge >= 0.3 is 0 Å². The van der Waals surface area contributed by atoms with Crippen molar-refractivity contribution in [2.75, 3.05) is 12.4 Å². The second-order valence-corrected chi connectivity index (χ2v) is 6.66. The summed E-state index contributed by atoms with van der Waals surface area (Å²) in [6, 6.07) is 16.4. The van der Waals surface area contributed by atoms with Gasteiger partial charge in [-0.15, -0.1) is 0 Å². The smallest absolute Gasteiger partial charge is 0.298 e. The molecule has 4 aromatic rings. The van der Waals surface area contributed by atoms with E-state index in [0.717, 1.165) is 16.6 Å². The molecular weight excluding hydrogens is 366 g/mol. The Labute approximate surface area is 167 Å². The first-order valence-electron chi connectivity index (χ1n) is 9.08. The topological polar surface area (TPSA) is 72.7 Å². The number of rotatable bonds is 5. The van der Waals surface area contributed by atoms with Crippen LogP contribution in [0.4, 0.5) is 5.69 Å². The molecule has 0 unspecified atom stereocenters. The molecular formula is C23H19N3O3. The van der Waals surface area contributed by atoms with E-state index in [1.54, 1.807) is 48.3 Å². The molecule has 4 rings (SSSR count). The highest BCUT2D eigenvalue weighted by Crippen LogP contribution is 2.29. The van der Waals surface area contributed by atoms with Crippen molar-refractivity contribution in [3.63, 3.8) is 0 Å². The minimum Gasteiger partial charge on any atom is -0.495 e. The highest BCUT2D eigenvalue weighted by Gasteiger charge is 2.25. The third kappa shape index (κ3) is 3.60. The summed E-state index contributed by atoms with van der Waals surface area (Å²) in [5.74, 6) is -0.765. The van der Waals surface area contributed by atoms with E-state index in [2.05, 4.69) is 10.3 Å². The number of aryl methyl sites for hydroxylation is 1. The molecule has 0 atom stereocenters. The van der Waals surface area contributed by atoms with Gasteiger partial charge in [-0.2, -0.15) is 0 Å². The first-order valence-corrected chi connectivity index (χ1v) is 9.08. The first-order chi connectivity index (χ1) is 14.1. The van der Waals surface area contributed by atoms with E-state index in [0.29, 0.717) is 17.0 Å². The van der Waals surface area contributed by atoms with Gasteiger partial charge in [-0.3, -0.25) is 14.6 Å². The zero-order valence-electron chi connectivity index (χ0n) is 16.0. The van der Waals surface area contributed by atoms with Crippen LogP contribution in [-0.4, -0.2) is 28.2 Å². The SMILES string of the molecule is COc1ccc2cc(-c3cccnc3)c(C(=O)C(=O)Nc3ccc(C)cc3)n2c1. The van der Waals surface area contributed by atoms with Crippen LogP contribution in [0.5, 0.6) is 5.75 Å². The van der Waals surface area contributed by atoms with E-state index in [4.69, 9.17) is 4.74 Å². The maximum absolute atomic E-state index is 13.2. The van der Waals surface area contributed by atoms with Gasteiger partial charge in [-0.1, -0.05) is 23.8 Å². The largest absolute Gasteiger partial charge is 0.495 e. The van der Waals surface area contributed by atoms with Crippen LogP contribution in [0.15, 0.2) is 73.2 Å². The summed E-state index contributed by atoms with van der Waals surface area (Å²) in [6.45, 7) is 1.96. The molecule has 6 nitrogen and oxygen atoms in total. The molecule has 0 saturated carbocycles. The third-order valence-electron chi connectivity index (χ3n) is 4.68. The molecule has 0 saturated heterocycles. The number of nitrogens with zero attached hydrogens (tertiary/aromatic N) is 2. The molecule has 0 radical (unpaired) electrons. The molecule has 0 aliphatic rings. The van der Waals surface area contributed by atoms with Gasteiger partial charge in [0.25, 0.3) is 11.7 Å². The molecule has 0 aliphatic heterocycles. The number of ketones is 1. The number of aromatic nitrogens is 2. The lowest BCUT2D eigenvalue weighted by Crippen LogP contribution is -2.24. The van der Waals surface area contributed by atoms with E-state index in [9.17, 15) is 9.59 Å². The van der Waals surface area contributed by atoms with Crippen molar-refractivity contribution in [1.29, 1.82) is 0 Å². The van der Waals surface area contributed by atoms with Gasteiger partial charge in [0.2, 0.25) is 0 Å². The molecule has 0 spiro atoms. The quantitative estimate of drug-likeness (QED) is 0.414. The average molecular weight is 385 g/mol. The normalized spacial score (nSPS) is 10.7. The van der Waals surface area contributed by atoms with Crippen LogP contribution in [0.1, 0.15) is 16.1 Å². The zero-order chi connectivity index (χ0) is 20.4. The molecule has 6 heteroatoms. The molecule has 29 heavy (non-hydrogen) atoms. The van der Waals surface area contributed by atoms with Crippen molar-refractivity contribution >= 4 is 22.9 Å². The fourth-order valence-electron chi connectivity index (χ4n) is 3.18. The minimum atomic E-state index is -0.707. The number of ether oxygens (including phenoxy) is 1. The van der Waals surface area contributed by atoms with Crippen molar-refractivity contribution in [2.24, 2.45) is 0 Å². The summed E-state index contributed by atoms with van der Waals surface area (Å²) in [4.78, 5) is 30.1. The molecule has 1 N–H and O–H groups in total. The summed E-state index contributed by atoms with van der Waals surface area (Å²) in [7, 11) is 1.55. The number of pyridine rings is 2. The fraction of sp³-hybridized carbons (Fsp3) is 0.0870. The van der Waals surface area contributed by atoms with Crippen LogP contribution < -0.4 is 10.1 Å². The van der Waals surface area contributed by atoms with Gasteiger partial charge in [-0.25, -0.2) is 0 Å².